The van der Waals surface area contributed by atoms with Crippen LogP contribution in [0, 0.1) is 25.2 Å². The molecular formula is C20H15N5O2. The van der Waals surface area contributed by atoms with Crippen LogP contribution in [0.25, 0.3) is 28.2 Å². The maximum atomic E-state index is 12.6. The molecule has 4 aromatic rings. The average molecular weight is 357 g/mol. The van der Waals surface area contributed by atoms with E-state index in [1.54, 1.807) is 25.1 Å². The van der Waals surface area contributed by atoms with Crippen LogP contribution in [0.3, 0.4) is 0 Å². The van der Waals surface area contributed by atoms with Gasteiger partial charge in [-0.1, -0.05) is 30.3 Å². The van der Waals surface area contributed by atoms with Crippen molar-refractivity contribution in [1.29, 1.82) is 5.26 Å². The highest BCUT2D eigenvalue weighted by atomic mass is 16.3. The molecule has 4 rings (SSSR count). The molecule has 2 heterocycles. The summed E-state index contributed by atoms with van der Waals surface area (Å²) in [5.74, 6) is 0.371. The summed E-state index contributed by atoms with van der Waals surface area (Å²) in [6.45, 7) is 3.68. The van der Waals surface area contributed by atoms with Gasteiger partial charge in [0.2, 0.25) is 0 Å². The number of nitriles is 1. The van der Waals surface area contributed by atoms with Crippen LogP contribution in [0.15, 0.2) is 47.3 Å². The van der Waals surface area contributed by atoms with Crippen LogP contribution >= 0.6 is 0 Å². The van der Waals surface area contributed by atoms with Crippen LogP contribution < -0.4 is 5.69 Å². The zero-order valence-corrected chi connectivity index (χ0v) is 14.7. The highest BCUT2D eigenvalue weighted by molar-refractivity contribution is 5.80. The molecule has 2 aromatic heterocycles. The second-order valence-corrected chi connectivity index (χ2v) is 6.26. The van der Waals surface area contributed by atoms with Crippen molar-refractivity contribution in [3.8, 4) is 28.9 Å². The fourth-order valence-corrected chi connectivity index (χ4v) is 2.98. The third-order valence-electron chi connectivity index (χ3n) is 4.47. The first kappa shape index (κ1) is 16.5. The van der Waals surface area contributed by atoms with E-state index in [0.717, 1.165) is 11.1 Å². The summed E-state index contributed by atoms with van der Waals surface area (Å²) >= 11 is 0. The monoisotopic (exact) mass is 357 g/mol. The maximum absolute atomic E-state index is 12.6. The van der Waals surface area contributed by atoms with Gasteiger partial charge in [-0.25, -0.2) is 19.3 Å². The first-order valence-corrected chi connectivity index (χ1v) is 8.28. The fourth-order valence-electron chi connectivity index (χ4n) is 2.98. The number of nitrogens with zero attached hydrogens (tertiary/aromatic N) is 4. The number of benzene rings is 2. The topological polar surface area (TPSA) is 108 Å². The second kappa shape index (κ2) is 6.11. The Hall–Kier alpha value is -3.92. The number of hydrogen-bond acceptors (Lipinski definition) is 5. The van der Waals surface area contributed by atoms with E-state index in [4.69, 9.17) is 0 Å². The lowest BCUT2D eigenvalue weighted by Crippen LogP contribution is -2.16. The lowest BCUT2D eigenvalue weighted by atomic mass is 10.1. The van der Waals surface area contributed by atoms with Crippen molar-refractivity contribution in [2.45, 2.75) is 13.8 Å². The Labute approximate surface area is 154 Å². The number of aromatic hydroxyl groups is 1. The summed E-state index contributed by atoms with van der Waals surface area (Å²) in [7, 11) is 0. The number of aromatic nitrogens is 4. The summed E-state index contributed by atoms with van der Waals surface area (Å²) < 4.78 is 1.44. The first-order chi connectivity index (χ1) is 13.0. The average Bonchev–Trinajstić information content (AvgIpc) is 2.99. The molecule has 0 unspecified atom stereocenters. The van der Waals surface area contributed by atoms with Crippen LogP contribution in [-0.2, 0) is 0 Å². The van der Waals surface area contributed by atoms with Gasteiger partial charge in [-0.05, 0) is 37.1 Å². The Morgan fingerprint density at radius 1 is 1.11 bits per heavy atom. The minimum absolute atomic E-state index is 0.0690. The van der Waals surface area contributed by atoms with E-state index in [1.165, 1.54) is 4.57 Å². The summed E-state index contributed by atoms with van der Waals surface area (Å²) in [6.07, 6.45) is 0. The van der Waals surface area contributed by atoms with Gasteiger partial charge in [0.15, 0.2) is 17.2 Å². The summed E-state index contributed by atoms with van der Waals surface area (Å²) in [5, 5.41) is 19.5. The number of aryl methyl sites for hydroxylation is 2. The molecule has 132 valence electrons. The molecule has 2 N–H and O–H groups in total. The molecule has 0 saturated heterocycles. The number of imidazole rings is 1. The molecule has 2 aromatic carbocycles. The molecule has 0 bridgehead atoms. The van der Waals surface area contributed by atoms with E-state index in [1.807, 2.05) is 37.3 Å². The molecule has 27 heavy (non-hydrogen) atoms. The predicted molar refractivity (Wildman–Crippen MR) is 101 cm³/mol. The molecule has 0 aliphatic rings. The molecule has 0 radical (unpaired) electrons. The van der Waals surface area contributed by atoms with Gasteiger partial charge in [0, 0.05) is 5.56 Å². The van der Waals surface area contributed by atoms with Gasteiger partial charge in [-0.2, -0.15) is 5.26 Å². The number of phenolic OH excluding ortho intramolecular Hbond substituents is 1. The standard InChI is InChI=1S/C20H15N5O2/c1-11-5-3-4-6-15(11)25-19-17(23-20(25)27)14(10-21)22-18(24-19)13-8-7-12(2)16(26)9-13/h3-9,26H,1-2H3,(H,23,27). The Morgan fingerprint density at radius 2 is 1.89 bits per heavy atom. The van der Waals surface area contributed by atoms with Crippen molar-refractivity contribution in [3.63, 3.8) is 0 Å². The Balaban J connectivity index is 2.06. The van der Waals surface area contributed by atoms with E-state index in [9.17, 15) is 15.2 Å². The van der Waals surface area contributed by atoms with Crippen LogP contribution in [-0.4, -0.2) is 24.6 Å². The number of nitrogens with one attached hydrogen (secondary N) is 1. The molecular weight excluding hydrogens is 342 g/mol. The zero-order chi connectivity index (χ0) is 19.1. The van der Waals surface area contributed by atoms with Crippen LogP contribution in [0.2, 0.25) is 0 Å². The van der Waals surface area contributed by atoms with Crippen LogP contribution in [0.1, 0.15) is 16.8 Å². The number of para-hydroxylation sites is 1. The normalized spacial score (nSPS) is 10.9. The number of hydrogen-bond donors (Lipinski definition) is 2. The Morgan fingerprint density at radius 3 is 2.59 bits per heavy atom. The van der Waals surface area contributed by atoms with Gasteiger partial charge in [0.25, 0.3) is 0 Å². The van der Waals surface area contributed by atoms with Crippen LogP contribution in [0.5, 0.6) is 5.75 Å². The van der Waals surface area contributed by atoms with E-state index in [-0.39, 0.29) is 22.8 Å². The fraction of sp³-hybridized carbons (Fsp3) is 0.100. The second-order valence-electron chi connectivity index (χ2n) is 6.26. The van der Waals surface area contributed by atoms with Crippen molar-refractivity contribution < 1.29 is 5.11 Å². The Bertz CT molecular complexity index is 1290. The van der Waals surface area contributed by atoms with Crippen molar-refractivity contribution in [1.82, 2.24) is 19.5 Å². The van der Waals surface area contributed by atoms with E-state index >= 15 is 0 Å². The molecule has 0 saturated carbocycles. The number of fused-ring (bicyclic) bond motifs is 1. The molecule has 0 fully saturated rings. The minimum Gasteiger partial charge on any atom is -0.508 e. The quantitative estimate of drug-likeness (QED) is 0.573. The maximum Gasteiger partial charge on any atom is 0.332 e. The predicted octanol–water partition coefficient (Wildman–Crippen LogP) is 2.97. The highest BCUT2D eigenvalue weighted by Crippen LogP contribution is 2.26. The van der Waals surface area contributed by atoms with E-state index in [0.29, 0.717) is 16.9 Å². The number of aromatic amines is 1. The largest absolute Gasteiger partial charge is 0.508 e. The van der Waals surface area contributed by atoms with Crippen molar-refractivity contribution in [2.75, 3.05) is 0 Å². The molecule has 0 aliphatic carbocycles. The lowest BCUT2D eigenvalue weighted by molar-refractivity contribution is 0.471. The molecule has 7 heteroatoms. The number of rotatable bonds is 2. The highest BCUT2D eigenvalue weighted by Gasteiger charge is 2.18. The number of H-pyrrole nitrogens is 1. The van der Waals surface area contributed by atoms with Crippen molar-refractivity contribution in [3.05, 3.63) is 69.8 Å². The lowest BCUT2D eigenvalue weighted by Gasteiger charge is -2.08. The molecule has 0 aliphatic heterocycles. The van der Waals surface area contributed by atoms with Gasteiger partial charge in [0.1, 0.15) is 17.3 Å². The first-order valence-electron chi connectivity index (χ1n) is 8.28. The summed E-state index contributed by atoms with van der Waals surface area (Å²) in [4.78, 5) is 24.1. The van der Waals surface area contributed by atoms with E-state index < -0.39 is 5.69 Å². The van der Waals surface area contributed by atoms with Gasteiger partial charge in [-0.3, -0.25) is 0 Å². The van der Waals surface area contributed by atoms with Crippen molar-refractivity contribution in [2.24, 2.45) is 0 Å². The van der Waals surface area contributed by atoms with Gasteiger partial charge in [-0.15, -0.1) is 0 Å². The summed E-state index contributed by atoms with van der Waals surface area (Å²) in [5.41, 5.74) is 3.12. The Kier molecular flexibility index (Phi) is 3.74. The molecule has 0 spiro atoms. The van der Waals surface area contributed by atoms with Gasteiger partial charge in [0.05, 0.1) is 5.69 Å². The minimum atomic E-state index is -0.394. The zero-order valence-electron chi connectivity index (χ0n) is 14.7. The smallest absolute Gasteiger partial charge is 0.332 e. The van der Waals surface area contributed by atoms with Gasteiger partial charge >= 0.3 is 5.69 Å². The van der Waals surface area contributed by atoms with Crippen LogP contribution in [0.4, 0.5) is 0 Å². The molecule has 7 nitrogen and oxygen atoms in total. The number of phenols is 1. The van der Waals surface area contributed by atoms with Crippen molar-refractivity contribution >= 4 is 11.2 Å². The third kappa shape index (κ3) is 2.64. The van der Waals surface area contributed by atoms with E-state index in [2.05, 4.69) is 15.0 Å². The van der Waals surface area contributed by atoms with Gasteiger partial charge < -0.3 is 10.1 Å². The SMILES string of the molecule is Cc1ccc(-c2nc(C#N)c3[nH]c(=O)n(-c4ccccc4C)c3n2)cc1O. The molecule has 0 amide bonds. The third-order valence-corrected chi connectivity index (χ3v) is 4.47. The summed E-state index contributed by atoms with van der Waals surface area (Å²) in [6, 6.07) is 14.5. The molecule has 0 atom stereocenters.